The van der Waals surface area contributed by atoms with Crippen molar-refractivity contribution in [1.82, 2.24) is 15.1 Å². The lowest BCUT2D eigenvalue weighted by atomic mass is 10.2. The van der Waals surface area contributed by atoms with Gasteiger partial charge in [-0.25, -0.2) is 0 Å². The Balaban J connectivity index is 2.21. The van der Waals surface area contributed by atoms with Gasteiger partial charge in [0, 0.05) is 17.8 Å². The first kappa shape index (κ1) is 7.80. The van der Waals surface area contributed by atoms with Gasteiger partial charge in [-0.1, -0.05) is 0 Å². The third kappa shape index (κ3) is 1.25. The average Bonchev–Trinajstić information content (AvgIpc) is 2.82. The molecule has 0 unspecified atom stereocenters. The lowest BCUT2D eigenvalue weighted by Gasteiger charge is -2.02. The van der Waals surface area contributed by atoms with E-state index < -0.39 is 0 Å². The first-order valence-corrected chi connectivity index (χ1v) is 4.50. The van der Waals surface area contributed by atoms with Crippen molar-refractivity contribution in [3.8, 4) is 0 Å². The Morgan fingerprint density at radius 3 is 3.00 bits per heavy atom. The first-order valence-electron chi connectivity index (χ1n) is 4.50. The quantitative estimate of drug-likeness (QED) is 0.730. The summed E-state index contributed by atoms with van der Waals surface area (Å²) in [5.74, 6) is 0. The highest BCUT2D eigenvalue weighted by atomic mass is 15.3. The van der Waals surface area contributed by atoms with Gasteiger partial charge in [0.25, 0.3) is 0 Å². The fourth-order valence-corrected chi connectivity index (χ4v) is 1.51. The summed E-state index contributed by atoms with van der Waals surface area (Å²) in [7, 11) is 1.97. The molecule has 3 nitrogen and oxygen atoms in total. The van der Waals surface area contributed by atoms with Crippen molar-refractivity contribution < 1.29 is 0 Å². The molecule has 0 aliphatic heterocycles. The predicted octanol–water partition coefficient (Wildman–Crippen LogP) is 1.25. The zero-order chi connectivity index (χ0) is 8.55. The van der Waals surface area contributed by atoms with Gasteiger partial charge in [-0.15, -0.1) is 0 Å². The summed E-state index contributed by atoms with van der Waals surface area (Å²) in [4.78, 5) is 0. The molecular weight excluding hydrogens is 150 g/mol. The minimum absolute atomic E-state index is 0.704. The number of hydrogen-bond donors (Lipinski definition) is 1. The molecule has 0 bridgehead atoms. The molecule has 1 aromatic rings. The summed E-state index contributed by atoms with van der Waals surface area (Å²) in [6, 6.07) is 0.704. The maximum Gasteiger partial charge on any atom is 0.0537 e. The average molecular weight is 165 g/mol. The summed E-state index contributed by atoms with van der Waals surface area (Å²) < 4.78 is 2.16. The second-order valence-corrected chi connectivity index (χ2v) is 3.46. The number of hydrogen-bond acceptors (Lipinski definition) is 2. The van der Waals surface area contributed by atoms with Crippen LogP contribution in [-0.2, 0) is 6.54 Å². The van der Waals surface area contributed by atoms with E-state index in [9.17, 15) is 0 Å². The molecule has 0 amide bonds. The lowest BCUT2D eigenvalue weighted by molar-refractivity contribution is 0.620. The van der Waals surface area contributed by atoms with Crippen LogP contribution in [0.2, 0.25) is 0 Å². The van der Waals surface area contributed by atoms with E-state index in [0.717, 1.165) is 6.54 Å². The molecule has 0 atom stereocenters. The van der Waals surface area contributed by atoms with Crippen molar-refractivity contribution in [3.05, 3.63) is 17.5 Å². The van der Waals surface area contributed by atoms with Gasteiger partial charge in [-0.05, 0) is 26.8 Å². The molecule has 66 valence electrons. The highest BCUT2D eigenvalue weighted by molar-refractivity contribution is 5.17. The SMILES string of the molecule is CNCc1cnn(C2CC2)c1C. The smallest absolute Gasteiger partial charge is 0.0537 e. The number of nitrogens with one attached hydrogen (secondary N) is 1. The largest absolute Gasteiger partial charge is 0.316 e. The zero-order valence-electron chi connectivity index (χ0n) is 7.67. The summed E-state index contributed by atoms with van der Waals surface area (Å²) in [6.07, 6.45) is 4.59. The topological polar surface area (TPSA) is 29.9 Å². The number of nitrogens with zero attached hydrogens (tertiary/aromatic N) is 2. The van der Waals surface area contributed by atoms with Gasteiger partial charge in [0.1, 0.15) is 0 Å². The van der Waals surface area contributed by atoms with Gasteiger partial charge < -0.3 is 5.32 Å². The van der Waals surface area contributed by atoms with Crippen molar-refractivity contribution in [1.29, 1.82) is 0 Å². The van der Waals surface area contributed by atoms with Crippen LogP contribution >= 0.6 is 0 Å². The van der Waals surface area contributed by atoms with Crippen LogP contribution in [0.25, 0.3) is 0 Å². The van der Waals surface area contributed by atoms with Crippen LogP contribution in [-0.4, -0.2) is 16.8 Å². The van der Waals surface area contributed by atoms with E-state index >= 15 is 0 Å². The van der Waals surface area contributed by atoms with Crippen LogP contribution in [0.15, 0.2) is 6.20 Å². The minimum atomic E-state index is 0.704. The lowest BCUT2D eigenvalue weighted by Crippen LogP contribution is -2.06. The molecule has 1 aromatic heterocycles. The van der Waals surface area contributed by atoms with E-state index in [1.807, 2.05) is 13.2 Å². The predicted molar refractivity (Wildman–Crippen MR) is 48.0 cm³/mol. The Bertz CT molecular complexity index is 273. The summed E-state index contributed by atoms with van der Waals surface area (Å²) in [5.41, 5.74) is 2.65. The molecule has 1 heterocycles. The van der Waals surface area contributed by atoms with Gasteiger partial charge >= 0.3 is 0 Å². The molecule has 0 aromatic carbocycles. The van der Waals surface area contributed by atoms with Crippen LogP contribution in [0, 0.1) is 6.92 Å². The molecule has 1 fully saturated rings. The van der Waals surface area contributed by atoms with Crippen molar-refractivity contribution in [3.63, 3.8) is 0 Å². The molecule has 2 rings (SSSR count). The van der Waals surface area contributed by atoms with Crippen molar-refractivity contribution in [2.75, 3.05) is 7.05 Å². The Kier molecular flexibility index (Phi) is 1.89. The van der Waals surface area contributed by atoms with Gasteiger partial charge in [-0.3, -0.25) is 4.68 Å². The Labute approximate surface area is 72.8 Å². The fraction of sp³-hybridized carbons (Fsp3) is 0.667. The normalized spacial score (nSPS) is 16.8. The number of aromatic nitrogens is 2. The minimum Gasteiger partial charge on any atom is -0.316 e. The molecule has 12 heavy (non-hydrogen) atoms. The molecule has 3 heteroatoms. The Hall–Kier alpha value is -0.830. The van der Waals surface area contributed by atoms with Crippen LogP contribution in [0.1, 0.15) is 30.1 Å². The second kappa shape index (κ2) is 2.90. The highest BCUT2D eigenvalue weighted by Gasteiger charge is 2.26. The summed E-state index contributed by atoms with van der Waals surface area (Å²) in [5, 5.41) is 7.52. The van der Waals surface area contributed by atoms with Gasteiger partial charge in [0.2, 0.25) is 0 Å². The van der Waals surface area contributed by atoms with Crippen LogP contribution < -0.4 is 5.32 Å². The van der Waals surface area contributed by atoms with Gasteiger partial charge in [0.15, 0.2) is 0 Å². The fourth-order valence-electron chi connectivity index (χ4n) is 1.51. The summed E-state index contributed by atoms with van der Waals surface area (Å²) in [6.45, 7) is 3.08. The molecule has 1 saturated carbocycles. The molecular formula is C9H15N3. The maximum absolute atomic E-state index is 4.37. The van der Waals surface area contributed by atoms with Gasteiger partial charge in [0.05, 0.1) is 12.2 Å². The van der Waals surface area contributed by atoms with E-state index in [0.29, 0.717) is 6.04 Å². The Morgan fingerprint density at radius 1 is 1.67 bits per heavy atom. The van der Waals surface area contributed by atoms with Crippen LogP contribution in [0.4, 0.5) is 0 Å². The van der Waals surface area contributed by atoms with E-state index in [1.165, 1.54) is 24.1 Å². The van der Waals surface area contributed by atoms with E-state index in [-0.39, 0.29) is 0 Å². The van der Waals surface area contributed by atoms with Crippen molar-refractivity contribution in [2.24, 2.45) is 0 Å². The highest BCUT2D eigenvalue weighted by Crippen LogP contribution is 2.35. The standard InChI is InChI=1S/C9H15N3/c1-7-8(5-10-2)6-11-12(7)9-3-4-9/h6,9-10H,3-5H2,1-2H3. The number of rotatable bonds is 3. The molecule has 0 spiro atoms. The second-order valence-electron chi connectivity index (χ2n) is 3.46. The van der Waals surface area contributed by atoms with E-state index in [1.54, 1.807) is 0 Å². The monoisotopic (exact) mass is 165 g/mol. The molecule has 0 saturated heterocycles. The zero-order valence-corrected chi connectivity index (χ0v) is 7.67. The molecule has 1 N–H and O–H groups in total. The van der Waals surface area contributed by atoms with Crippen molar-refractivity contribution >= 4 is 0 Å². The molecule has 0 radical (unpaired) electrons. The first-order chi connectivity index (χ1) is 5.83. The molecule has 1 aliphatic rings. The van der Waals surface area contributed by atoms with Crippen LogP contribution in [0.5, 0.6) is 0 Å². The van der Waals surface area contributed by atoms with Gasteiger partial charge in [-0.2, -0.15) is 5.10 Å². The third-order valence-corrected chi connectivity index (χ3v) is 2.41. The summed E-state index contributed by atoms with van der Waals surface area (Å²) >= 11 is 0. The Morgan fingerprint density at radius 2 is 2.42 bits per heavy atom. The maximum atomic E-state index is 4.37. The van der Waals surface area contributed by atoms with E-state index in [4.69, 9.17) is 0 Å². The van der Waals surface area contributed by atoms with E-state index in [2.05, 4.69) is 22.0 Å². The van der Waals surface area contributed by atoms with Crippen LogP contribution in [0.3, 0.4) is 0 Å². The molecule has 1 aliphatic carbocycles. The van der Waals surface area contributed by atoms with Crippen molar-refractivity contribution in [2.45, 2.75) is 32.4 Å². The third-order valence-electron chi connectivity index (χ3n) is 2.41.